The fourth-order valence-corrected chi connectivity index (χ4v) is 6.86. The number of benzene rings is 1. The molecule has 0 aliphatic carbocycles. The van der Waals surface area contributed by atoms with Gasteiger partial charge in [-0.2, -0.15) is 4.31 Å². The molecule has 0 aromatic heterocycles. The summed E-state index contributed by atoms with van der Waals surface area (Å²) in [5.41, 5.74) is 0. The number of halogens is 2. The maximum atomic E-state index is 13.0. The van der Waals surface area contributed by atoms with Gasteiger partial charge >= 0.3 is 0 Å². The number of sulfonamides is 1. The Morgan fingerprint density at radius 3 is 2.07 bits per heavy atom. The van der Waals surface area contributed by atoms with Gasteiger partial charge < -0.3 is 4.90 Å². The Labute approximate surface area is 171 Å². The van der Waals surface area contributed by atoms with Crippen molar-refractivity contribution in [1.29, 1.82) is 0 Å². The minimum Gasteiger partial charge on any atom is -0.342 e. The van der Waals surface area contributed by atoms with Crippen molar-refractivity contribution in [1.82, 2.24) is 9.21 Å². The van der Waals surface area contributed by atoms with Gasteiger partial charge in [0.25, 0.3) is 0 Å². The molecule has 0 N–H and O–H groups in total. The molecule has 2 fully saturated rings. The summed E-state index contributed by atoms with van der Waals surface area (Å²) in [7, 11) is -3.77. The molecule has 1 aromatic carbocycles. The second kappa shape index (κ2) is 8.27. The molecule has 3 rings (SSSR count). The van der Waals surface area contributed by atoms with Gasteiger partial charge in [-0.25, -0.2) is 8.42 Å². The SMILES string of the molecule is C[C@H]1C[C@H](C)CN(C(=O)C2CCN(S(=O)(=O)c3c(Cl)cccc3Cl)CC2)C1. The van der Waals surface area contributed by atoms with Crippen molar-refractivity contribution in [2.75, 3.05) is 26.2 Å². The van der Waals surface area contributed by atoms with Gasteiger partial charge in [-0.05, 0) is 43.2 Å². The van der Waals surface area contributed by atoms with Crippen LogP contribution in [0.15, 0.2) is 23.1 Å². The number of carbonyl (C=O) groups excluding carboxylic acids is 1. The van der Waals surface area contributed by atoms with Gasteiger partial charge in [-0.1, -0.05) is 43.1 Å². The van der Waals surface area contributed by atoms with E-state index in [0.29, 0.717) is 37.8 Å². The minimum atomic E-state index is -3.77. The van der Waals surface area contributed by atoms with Crippen molar-refractivity contribution in [2.24, 2.45) is 17.8 Å². The molecule has 1 aromatic rings. The first kappa shape index (κ1) is 20.9. The Morgan fingerprint density at radius 1 is 1.04 bits per heavy atom. The standard InChI is InChI=1S/C19H26Cl2N2O3S/c1-13-10-14(2)12-22(11-13)19(24)15-6-8-23(9-7-15)27(25,26)18-16(20)4-3-5-17(18)21/h3-5,13-15H,6-12H2,1-2H3/t13-,14-/m0/s1. The molecule has 0 saturated carbocycles. The third kappa shape index (κ3) is 4.44. The predicted molar refractivity (Wildman–Crippen MR) is 107 cm³/mol. The van der Waals surface area contributed by atoms with Gasteiger partial charge in [0.05, 0.1) is 10.0 Å². The molecule has 1 amide bonds. The van der Waals surface area contributed by atoms with E-state index < -0.39 is 10.0 Å². The van der Waals surface area contributed by atoms with Crippen LogP contribution in [0.5, 0.6) is 0 Å². The second-order valence-corrected chi connectivity index (χ2v) is 10.6. The summed E-state index contributed by atoms with van der Waals surface area (Å²) in [5, 5.41) is 0.244. The van der Waals surface area contributed by atoms with Crippen LogP contribution in [0, 0.1) is 17.8 Å². The van der Waals surface area contributed by atoms with Gasteiger partial charge in [-0.15, -0.1) is 0 Å². The summed E-state index contributed by atoms with van der Waals surface area (Å²) in [4.78, 5) is 14.8. The molecule has 27 heavy (non-hydrogen) atoms. The average molecular weight is 433 g/mol. The predicted octanol–water partition coefficient (Wildman–Crippen LogP) is 3.90. The Hall–Kier alpha value is -0.820. The van der Waals surface area contributed by atoms with Gasteiger partial charge in [0.15, 0.2) is 0 Å². The number of piperidine rings is 2. The third-order valence-corrected chi connectivity index (χ3v) is 8.36. The normalized spacial score (nSPS) is 25.6. The minimum absolute atomic E-state index is 0.0446. The van der Waals surface area contributed by atoms with Crippen LogP contribution in [0.4, 0.5) is 0 Å². The van der Waals surface area contributed by atoms with E-state index in [4.69, 9.17) is 23.2 Å². The van der Waals surface area contributed by atoms with Crippen LogP contribution in [0.2, 0.25) is 10.0 Å². The first-order chi connectivity index (χ1) is 12.7. The van der Waals surface area contributed by atoms with E-state index in [2.05, 4.69) is 13.8 Å². The topological polar surface area (TPSA) is 57.7 Å². The van der Waals surface area contributed by atoms with E-state index in [1.807, 2.05) is 4.90 Å². The molecule has 2 aliphatic rings. The van der Waals surface area contributed by atoms with E-state index in [1.54, 1.807) is 6.07 Å². The molecule has 0 bridgehead atoms. The summed E-state index contributed by atoms with van der Waals surface area (Å²) in [6.45, 7) is 6.57. The van der Waals surface area contributed by atoms with E-state index >= 15 is 0 Å². The number of carbonyl (C=O) groups is 1. The molecule has 0 radical (unpaired) electrons. The lowest BCUT2D eigenvalue weighted by molar-refractivity contribution is -0.139. The van der Waals surface area contributed by atoms with Crippen molar-refractivity contribution < 1.29 is 13.2 Å². The Morgan fingerprint density at radius 2 is 1.56 bits per heavy atom. The molecule has 0 spiro atoms. The van der Waals surface area contributed by atoms with Crippen molar-refractivity contribution in [3.8, 4) is 0 Å². The molecule has 5 nitrogen and oxygen atoms in total. The van der Waals surface area contributed by atoms with Gasteiger partial charge in [-0.3, -0.25) is 4.79 Å². The molecule has 2 aliphatic heterocycles. The van der Waals surface area contributed by atoms with Gasteiger partial charge in [0, 0.05) is 32.1 Å². The fraction of sp³-hybridized carbons (Fsp3) is 0.632. The number of amides is 1. The monoisotopic (exact) mass is 432 g/mol. The largest absolute Gasteiger partial charge is 0.342 e. The van der Waals surface area contributed by atoms with Crippen LogP contribution in [0.25, 0.3) is 0 Å². The maximum Gasteiger partial charge on any atom is 0.246 e. The highest BCUT2D eigenvalue weighted by molar-refractivity contribution is 7.89. The van der Waals surface area contributed by atoms with Gasteiger partial charge in [0.2, 0.25) is 15.9 Å². The summed E-state index contributed by atoms with van der Waals surface area (Å²) in [5.74, 6) is 1.08. The van der Waals surface area contributed by atoms with Gasteiger partial charge in [0.1, 0.15) is 4.90 Å². The van der Waals surface area contributed by atoms with E-state index in [1.165, 1.54) is 16.4 Å². The highest BCUT2D eigenvalue weighted by atomic mass is 35.5. The second-order valence-electron chi connectivity index (χ2n) is 7.92. The molecular formula is C19H26Cl2N2O3S. The fourth-order valence-electron chi connectivity index (χ4n) is 4.30. The summed E-state index contributed by atoms with van der Waals surface area (Å²) in [6.07, 6.45) is 2.21. The smallest absolute Gasteiger partial charge is 0.246 e. The van der Waals surface area contributed by atoms with E-state index in [-0.39, 0.29) is 26.8 Å². The zero-order valence-corrected chi connectivity index (χ0v) is 18.0. The Bertz CT molecular complexity index is 777. The first-order valence-corrected chi connectivity index (χ1v) is 11.6. The van der Waals surface area contributed by atoms with Crippen molar-refractivity contribution >= 4 is 39.1 Å². The number of hydrogen-bond acceptors (Lipinski definition) is 3. The molecule has 2 heterocycles. The van der Waals surface area contributed by atoms with Crippen molar-refractivity contribution in [3.05, 3.63) is 28.2 Å². The number of rotatable bonds is 3. The van der Waals surface area contributed by atoms with Crippen LogP contribution in [0.3, 0.4) is 0 Å². The summed E-state index contributed by atoms with van der Waals surface area (Å²) < 4.78 is 27.3. The average Bonchev–Trinajstić information content (AvgIpc) is 2.60. The first-order valence-electron chi connectivity index (χ1n) is 9.43. The lowest BCUT2D eigenvalue weighted by atomic mass is 9.89. The molecule has 2 atom stereocenters. The van der Waals surface area contributed by atoms with Crippen LogP contribution >= 0.6 is 23.2 Å². The highest BCUT2D eigenvalue weighted by Gasteiger charge is 2.36. The molecule has 8 heteroatoms. The summed E-state index contributed by atoms with van der Waals surface area (Å²) >= 11 is 12.2. The number of likely N-dealkylation sites (tertiary alicyclic amines) is 1. The summed E-state index contributed by atoms with van der Waals surface area (Å²) in [6, 6.07) is 4.67. The Balaban J connectivity index is 1.67. The zero-order chi connectivity index (χ0) is 19.8. The quantitative estimate of drug-likeness (QED) is 0.727. The zero-order valence-electron chi connectivity index (χ0n) is 15.7. The van der Waals surface area contributed by atoms with E-state index in [9.17, 15) is 13.2 Å². The maximum absolute atomic E-state index is 13.0. The van der Waals surface area contributed by atoms with Crippen molar-refractivity contribution in [3.63, 3.8) is 0 Å². The lowest BCUT2D eigenvalue weighted by Crippen LogP contribution is -2.48. The van der Waals surface area contributed by atoms with Crippen LogP contribution in [0.1, 0.15) is 33.1 Å². The number of hydrogen-bond donors (Lipinski definition) is 0. The van der Waals surface area contributed by atoms with E-state index in [0.717, 1.165) is 19.5 Å². The number of nitrogens with zero attached hydrogens (tertiary/aromatic N) is 2. The van der Waals surface area contributed by atoms with Crippen LogP contribution < -0.4 is 0 Å². The molecular weight excluding hydrogens is 407 g/mol. The van der Waals surface area contributed by atoms with Crippen LogP contribution in [-0.4, -0.2) is 49.7 Å². The molecule has 2 saturated heterocycles. The Kier molecular flexibility index (Phi) is 6.41. The third-order valence-electron chi connectivity index (χ3n) is 5.50. The molecule has 150 valence electrons. The lowest BCUT2D eigenvalue weighted by Gasteiger charge is -2.39. The van der Waals surface area contributed by atoms with Crippen molar-refractivity contribution in [2.45, 2.75) is 38.0 Å². The highest BCUT2D eigenvalue weighted by Crippen LogP contribution is 2.34. The molecule has 0 unspecified atom stereocenters. The van der Waals surface area contributed by atoms with Crippen LogP contribution in [-0.2, 0) is 14.8 Å².